The van der Waals surface area contributed by atoms with Gasteiger partial charge in [0.15, 0.2) is 0 Å². The van der Waals surface area contributed by atoms with Gasteiger partial charge in [-0.3, -0.25) is 4.98 Å². The van der Waals surface area contributed by atoms with Crippen LogP contribution in [0, 0.1) is 0 Å². The number of aliphatic hydroxyl groups is 1. The number of pyridine rings is 1. The van der Waals surface area contributed by atoms with Crippen molar-refractivity contribution in [2.45, 2.75) is 51.0 Å². The largest absolute Gasteiger partial charge is 0.478 e. The van der Waals surface area contributed by atoms with Crippen molar-refractivity contribution in [2.75, 3.05) is 11.9 Å². The van der Waals surface area contributed by atoms with Crippen molar-refractivity contribution < 1.29 is 15.0 Å². The normalized spacial score (nSPS) is 16.3. The van der Waals surface area contributed by atoms with Gasteiger partial charge in [-0.1, -0.05) is 18.2 Å². The molecule has 166 valence electrons. The molecule has 3 aromatic rings. The van der Waals surface area contributed by atoms with Crippen molar-refractivity contribution in [1.82, 2.24) is 4.98 Å². The highest BCUT2D eigenvalue weighted by Gasteiger charge is 2.22. The average molecular weight is 431 g/mol. The van der Waals surface area contributed by atoms with Gasteiger partial charge in [0, 0.05) is 30.8 Å². The highest BCUT2D eigenvalue weighted by atomic mass is 16.4. The molecule has 5 heteroatoms. The third-order valence-corrected chi connectivity index (χ3v) is 6.61. The summed E-state index contributed by atoms with van der Waals surface area (Å²) >= 11 is 0. The third-order valence-electron chi connectivity index (χ3n) is 6.61. The summed E-state index contributed by atoms with van der Waals surface area (Å²) in [6.45, 7) is 1.77. The zero-order valence-corrected chi connectivity index (χ0v) is 18.7. The number of benzene rings is 2. The molecule has 2 N–H and O–H groups in total. The Hall–Kier alpha value is -3.18. The molecule has 0 bridgehead atoms. The number of aryl methyl sites for hydroxylation is 2. The second-order valence-corrected chi connectivity index (χ2v) is 8.68. The van der Waals surface area contributed by atoms with Gasteiger partial charge in [0.05, 0.1) is 11.7 Å². The smallest absolute Gasteiger partial charge is 0.336 e. The molecule has 2 aromatic carbocycles. The molecule has 1 aliphatic rings. The number of hydrogen-bond acceptors (Lipinski definition) is 4. The van der Waals surface area contributed by atoms with Crippen molar-refractivity contribution in [1.29, 1.82) is 0 Å². The van der Waals surface area contributed by atoms with Crippen molar-refractivity contribution in [2.24, 2.45) is 0 Å². The van der Waals surface area contributed by atoms with Crippen LogP contribution in [0.2, 0.25) is 0 Å². The molecule has 0 radical (unpaired) electrons. The second-order valence-electron chi connectivity index (χ2n) is 8.68. The van der Waals surface area contributed by atoms with E-state index in [1.54, 1.807) is 25.4 Å². The van der Waals surface area contributed by atoms with Crippen LogP contribution in [0.4, 0.5) is 11.4 Å². The number of aromatic nitrogens is 1. The molecule has 2 atom stereocenters. The highest BCUT2D eigenvalue weighted by molar-refractivity contribution is 5.89. The molecule has 4 rings (SSSR count). The molecule has 32 heavy (non-hydrogen) atoms. The molecule has 0 saturated heterocycles. The number of carbonyl (C=O) groups is 1. The van der Waals surface area contributed by atoms with Gasteiger partial charge in [-0.25, -0.2) is 4.79 Å². The van der Waals surface area contributed by atoms with Gasteiger partial charge in [0.2, 0.25) is 0 Å². The fraction of sp³-hybridized carbons (Fsp3) is 0.333. The third kappa shape index (κ3) is 4.68. The first-order valence-electron chi connectivity index (χ1n) is 11.2. The minimum atomic E-state index is -0.888. The van der Waals surface area contributed by atoms with Gasteiger partial charge < -0.3 is 15.1 Å². The van der Waals surface area contributed by atoms with Crippen LogP contribution in [0.15, 0.2) is 60.9 Å². The number of carboxylic acids is 1. The summed E-state index contributed by atoms with van der Waals surface area (Å²) in [4.78, 5) is 17.8. The Bertz CT molecular complexity index is 1090. The van der Waals surface area contributed by atoms with E-state index in [-0.39, 0.29) is 0 Å². The van der Waals surface area contributed by atoms with Crippen LogP contribution in [0.5, 0.6) is 0 Å². The Morgan fingerprint density at radius 2 is 1.91 bits per heavy atom. The monoisotopic (exact) mass is 430 g/mol. The Morgan fingerprint density at radius 3 is 2.62 bits per heavy atom. The molecule has 5 nitrogen and oxygen atoms in total. The standard InChI is InChI=1S/C27H30N2O3/c1-18(30)19-8-10-23(11-9-19)29(2)24-12-13-25-20(4-3-5-21(25)16-24)6-7-22-17-28-15-14-26(22)27(31)32/h8-18,20,30H,3-7H2,1-2H3,(H,31,32)/t18-,20-/m0/s1. The molecule has 1 heterocycles. The summed E-state index contributed by atoms with van der Waals surface area (Å²) in [5.41, 5.74) is 7.08. The summed E-state index contributed by atoms with van der Waals surface area (Å²) in [5, 5.41) is 19.2. The van der Waals surface area contributed by atoms with Gasteiger partial charge in [-0.15, -0.1) is 0 Å². The fourth-order valence-electron chi connectivity index (χ4n) is 4.70. The number of rotatable bonds is 7. The maximum Gasteiger partial charge on any atom is 0.336 e. The predicted octanol–water partition coefficient (Wildman–Crippen LogP) is 5.65. The van der Waals surface area contributed by atoms with E-state index < -0.39 is 12.1 Å². The van der Waals surface area contributed by atoms with E-state index in [0.717, 1.165) is 54.6 Å². The molecule has 0 fully saturated rings. The Balaban J connectivity index is 1.51. The van der Waals surface area contributed by atoms with E-state index in [4.69, 9.17) is 0 Å². The molecular weight excluding hydrogens is 400 g/mol. The van der Waals surface area contributed by atoms with Gasteiger partial charge in [-0.2, -0.15) is 0 Å². The Kier molecular flexibility index (Phi) is 6.56. The first-order chi connectivity index (χ1) is 15.4. The molecular formula is C27H30N2O3. The SMILES string of the molecule is C[C@H](O)c1ccc(N(C)c2ccc3c(c2)CCC[C@H]3CCc2cnccc2C(=O)O)cc1. The van der Waals surface area contributed by atoms with E-state index in [2.05, 4.69) is 35.1 Å². The second kappa shape index (κ2) is 9.53. The van der Waals surface area contributed by atoms with Gasteiger partial charge in [-0.05, 0) is 97.5 Å². The summed E-state index contributed by atoms with van der Waals surface area (Å²) in [6, 6.07) is 16.3. The molecule has 0 spiro atoms. The van der Waals surface area contributed by atoms with Gasteiger partial charge in [0.1, 0.15) is 0 Å². The number of nitrogens with zero attached hydrogens (tertiary/aromatic N) is 2. The molecule has 0 aliphatic heterocycles. The van der Waals surface area contributed by atoms with E-state index in [9.17, 15) is 15.0 Å². The molecule has 0 amide bonds. The van der Waals surface area contributed by atoms with Crippen LogP contribution in [-0.2, 0) is 12.8 Å². The number of fused-ring (bicyclic) bond motifs is 1. The van der Waals surface area contributed by atoms with Crippen molar-refractivity contribution in [3.63, 3.8) is 0 Å². The van der Waals surface area contributed by atoms with Crippen LogP contribution in [0.3, 0.4) is 0 Å². The minimum absolute atomic E-state index is 0.356. The fourth-order valence-corrected chi connectivity index (χ4v) is 4.70. The molecule has 1 aliphatic carbocycles. The van der Waals surface area contributed by atoms with E-state index in [0.29, 0.717) is 11.5 Å². The molecule has 0 unspecified atom stereocenters. The van der Waals surface area contributed by atoms with Crippen LogP contribution < -0.4 is 4.90 Å². The lowest BCUT2D eigenvalue weighted by Crippen LogP contribution is -2.14. The number of carboxylic acid groups (broad SMARTS) is 1. The van der Waals surface area contributed by atoms with Crippen molar-refractivity contribution in [3.8, 4) is 0 Å². The quantitative estimate of drug-likeness (QED) is 0.506. The lowest BCUT2D eigenvalue weighted by molar-refractivity contribution is 0.0695. The predicted molar refractivity (Wildman–Crippen MR) is 127 cm³/mol. The lowest BCUT2D eigenvalue weighted by atomic mass is 9.79. The number of hydrogen-bond donors (Lipinski definition) is 2. The van der Waals surface area contributed by atoms with Gasteiger partial charge >= 0.3 is 5.97 Å². The first-order valence-corrected chi connectivity index (χ1v) is 11.2. The van der Waals surface area contributed by atoms with Crippen LogP contribution >= 0.6 is 0 Å². The van der Waals surface area contributed by atoms with E-state index >= 15 is 0 Å². The molecule has 0 saturated carbocycles. The zero-order chi connectivity index (χ0) is 22.7. The average Bonchev–Trinajstić information content (AvgIpc) is 2.82. The van der Waals surface area contributed by atoms with Crippen molar-refractivity contribution >= 4 is 17.3 Å². The van der Waals surface area contributed by atoms with E-state index in [1.165, 1.54) is 11.1 Å². The Morgan fingerprint density at radius 1 is 1.16 bits per heavy atom. The van der Waals surface area contributed by atoms with Gasteiger partial charge in [0.25, 0.3) is 0 Å². The summed E-state index contributed by atoms with van der Waals surface area (Å²) < 4.78 is 0. The minimum Gasteiger partial charge on any atom is -0.478 e. The topological polar surface area (TPSA) is 73.7 Å². The summed E-state index contributed by atoms with van der Waals surface area (Å²) in [7, 11) is 2.06. The van der Waals surface area contributed by atoms with Crippen LogP contribution in [0.1, 0.15) is 70.8 Å². The lowest BCUT2D eigenvalue weighted by Gasteiger charge is -2.28. The maximum atomic E-state index is 11.5. The summed E-state index contributed by atoms with van der Waals surface area (Å²) in [5.74, 6) is -0.453. The Labute approximate surface area is 189 Å². The molecule has 1 aromatic heterocycles. The first kappa shape index (κ1) is 22.0. The van der Waals surface area contributed by atoms with Crippen LogP contribution in [-0.4, -0.2) is 28.2 Å². The van der Waals surface area contributed by atoms with Crippen LogP contribution in [0.25, 0.3) is 0 Å². The zero-order valence-electron chi connectivity index (χ0n) is 18.7. The maximum absolute atomic E-state index is 11.5. The van der Waals surface area contributed by atoms with E-state index in [1.807, 2.05) is 24.3 Å². The number of aliphatic hydroxyl groups excluding tert-OH is 1. The highest BCUT2D eigenvalue weighted by Crippen LogP contribution is 2.38. The number of anilines is 2. The van der Waals surface area contributed by atoms with Crippen molar-refractivity contribution in [3.05, 3.63) is 88.7 Å². The number of aromatic carboxylic acids is 1. The summed E-state index contributed by atoms with van der Waals surface area (Å²) in [6.07, 6.45) is 7.76.